The minimum atomic E-state index is -0.392. The van der Waals surface area contributed by atoms with Crippen LogP contribution in [0.4, 0.5) is 4.79 Å². The van der Waals surface area contributed by atoms with E-state index in [1.165, 1.54) is 0 Å². The van der Waals surface area contributed by atoms with Crippen LogP contribution in [-0.2, 0) is 16.0 Å². The second-order valence-electron chi connectivity index (χ2n) is 6.83. The third kappa shape index (κ3) is 3.12. The number of carbonyl (C=O) groups excluding carboxylic acids is 2. The summed E-state index contributed by atoms with van der Waals surface area (Å²) in [5.41, 5.74) is 1.58. The molecule has 3 heterocycles. The van der Waals surface area contributed by atoms with Gasteiger partial charge in [0.15, 0.2) is 0 Å². The summed E-state index contributed by atoms with van der Waals surface area (Å²) in [4.78, 5) is 46.0. The number of ether oxygens (including phenoxy) is 1. The van der Waals surface area contributed by atoms with Gasteiger partial charge in [-0.3, -0.25) is 9.69 Å². The summed E-state index contributed by atoms with van der Waals surface area (Å²) in [5.74, 6) is 0.0526. The van der Waals surface area contributed by atoms with E-state index in [0.717, 1.165) is 17.7 Å². The number of carbonyl (C=O) groups is 2. The Bertz CT molecular complexity index is 733. The largest absolute Gasteiger partial charge is 0.447 e. The summed E-state index contributed by atoms with van der Waals surface area (Å²) in [5, 5.41) is 0. The van der Waals surface area contributed by atoms with Crippen molar-refractivity contribution in [1.82, 2.24) is 19.8 Å². The van der Waals surface area contributed by atoms with Crippen molar-refractivity contribution in [1.29, 1.82) is 0 Å². The monoisotopic (exact) mass is 348 g/mol. The van der Waals surface area contributed by atoms with Gasteiger partial charge in [-0.2, -0.15) is 4.98 Å². The van der Waals surface area contributed by atoms with Crippen LogP contribution in [0.3, 0.4) is 0 Å². The predicted molar refractivity (Wildman–Crippen MR) is 90.3 cm³/mol. The molecule has 1 unspecified atom stereocenters. The SMILES string of the molecule is CCC12COC(=O)N1CCN(C(=O)CCc1c(C)nc(=O)[nH]c1C)C2. The van der Waals surface area contributed by atoms with E-state index in [-0.39, 0.29) is 17.7 Å². The molecule has 0 aromatic carbocycles. The van der Waals surface area contributed by atoms with Crippen LogP contribution in [-0.4, -0.2) is 63.5 Å². The molecule has 136 valence electrons. The van der Waals surface area contributed by atoms with Crippen molar-refractivity contribution in [2.45, 2.75) is 45.6 Å². The van der Waals surface area contributed by atoms with E-state index in [2.05, 4.69) is 9.97 Å². The summed E-state index contributed by atoms with van der Waals surface area (Å²) in [6.45, 7) is 7.51. The molecule has 0 bridgehead atoms. The van der Waals surface area contributed by atoms with Crippen LogP contribution in [0.15, 0.2) is 4.79 Å². The van der Waals surface area contributed by atoms with Crippen molar-refractivity contribution < 1.29 is 14.3 Å². The van der Waals surface area contributed by atoms with E-state index in [1.54, 1.807) is 11.8 Å². The lowest BCUT2D eigenvalue weighted by Gasteiger charge is -2.44. The van der Waals surface area contributed by atoms with E-state index < -0.39 is 5.54 Å². The van der Waals surface area contributed by atoms with E-state index in [0.29, 0.717) is 44.8 Å². The Morgan fingerprint density at radius 3 is 2.76 bits per heavy atom. The van der Waals surface area contributed by atoms with Crippen LogP contribution < -0.4 is 5.69 Å². The van der Waals surface area contributed by atoms with Crippen molar-refractivity contribution in [3.8, 4) is 0 Å². The molecule has 8 nitrogen and oxygen atoms in total. The minimum absolute atomic E-state index is 0.0526. The number of H-pyrrole nitrogens is 1. The maximum atomic E-state index is 12.7. The number of aromatic nitrogens is 2. The topological polar surface area (TPSA) is 95.6 Å². The summed E-state index contributed by atoms with van der Waals surface area (Å²) in [7, 11) is 0. The van der Waals surface area contributed by atoms with Gasteiger partial charge in [-0.25, -0.2) is 9.59 Å². The van der Waals surface area contributed by atoms with Crippen LogP contribution in [0.1, 0.15) is 36.7 Å². The third-order valence-corrected chi connectivity index (χ3v) is 5.39. The molecule has 1 N–H and O–H groups in total. The maximum absolute atomic E-state index is 12.7. The summed E-state index contributed by atoms with van der Waals surface area (Å²) >= 11 is 0. The molecular weight excluding hydrogens is 324 g/mol. The average molecular weight is 348 g/mol. The highest BCUT2D eigenvalue weighted by Crippen LogP contribution is 2.32. The van der Waals surface area contributed by atoms with E-state index in [9.17, 15) is 14.4 Å². The molecule has 1 atom stereocenters. The smallest absolute Gasteiger partial charge is 0.410 e. The molecule has 0 radical (unpaired) electrons. The van der Waals surface area contributed by atoms with Crippen LogP contribution >= 0.6 is 0 Å². The van der Waals surface area contributed by atoms with E-state index >= 15 is 0 Å². The normalized spacial score (nSPS) is 22.8. The molecule has 8 heteroatoms. The van der Waals surface area contributed by atoms with Crippen LogP contribution in [0, 0.1) is 13.8 Å². The molecule has 1 aromatic heterocycles. The van der Waals surface area contributed by atoms with Crippen molar-refractivity contribution >= 4 is 12.0 Å². The van der Waals surface area contributed by atoms with Gasteiger partial charge in [-0.05, 0) is 32.3 Å². The number of piperazine rings is 1. The number of aryl methyl sites for hydroxylation is 2. The number of amides is 2. The lowest BCUT2D eigenvalue weighted by molar-refractivity contribution is -0.135. The fraction of sp³-hybridized carbons (Fsp3) is 0.647. The van der Waals surface area contributed by atoms with Gasteiger partial charge in [0.05, 0.1) is 5.54 Å². The molecule has 0 saturated carbocycles. The Hall–Kier alpha value is -2.38. The lowest BCUT2D eigenvalue weighted by atomic mass is 9.92. The van der Waals surface area contributed by atoms with Gasteiger partial charge in [0.25, 0.3) is 0 Å². The number of cyclic esters (lactones) is 1. The Morgan fingerprint density at radius 1 is 1.32 bits per heavy atom. The highest BCUT2D eigenvalue weighted by molar-refractivity contribution is 5.78. The number of nitrogens with one attached hydrogen (secondary N) is 1. The van der Waals surface area contributed by atoms with Gasteiger partial charge in [0.2, 0.25) is 5.91 Å². The second-order valence-corrected chi connectivity index (χ2v) is 6.83. The molecule has 1 aromatic rings. The molecule has 0 aliphatic carbocycles. The first-order valence-electron chi connectivity index (χ1n) is 8.65. The Kier molecular flexibility index (Phi) is 4.53. The zero-order valence-corrected chi connectivity index (χ0v) is 14.9. The first-order chi connectivity index (χ1) is 11.9. The van der Waals surface area contributed by atoms with Gasteiger partial charge < -0.3 is 14.6 Å². The highest BCUT2D eigenvalue weighted by atomic mass is 16.6. The Labute approximate surface area is 146 Å². The summed E-state index contributed by atoms with van der Waals surface area (Å²) in [6.07, 6.45) is 1.36. The fourth-order valence-electron chi connectivity index (χ4n) is 3.79. The van der Waals surface area contributed by atoms with Gasteiger partial charge >= 0.3 is 11.8 Å². The first-order valence-corrected chi connectivity index (χ1v) is 8.65. The van der Waals surface area contributed by atoms with Gasteiger partial charge in [-0.1, -0.05) is 6.92 Å². The van der Waals surface area contributed by atoms with Crippen LogP contribution in [0.5, 0.6) is 0 Å². The molecule has 0 spiro atoms. The molecule has 2 amide bonds. The number of hydrogen-bond acceptors (Lipinski definition) is 5. The van der Waals surface area contributed by atoms with Crippen LogP contribution in [0.2, 0.25) is 0 Å². The minimum Gasteiger partial charge on any atom is -0.447 e. The predicted octanol–water partition coefficient (Wildman–Crippen LogP) is 0.763. The van der Waals surface area contributed by atoms with Gasteiger partial charge in [-0.15, -0.1) is 0 Å². The average Bonchev–Trinajstić information content (AvgIpc) is 2.91. The highest BCUT2D eigenvalue weighted by Gasteiger charge is 2.50. The third-order valence-electron chi connectivity index (χ3n) is 5.39. The zero-order valence-electron chi connectivity index (χ0n) is 14.9. The van der Waals surface area contributed by atoms with Gasteiger partial charge in [0.1, 0.15) is 6.61 Å². The molecule has 3 rings (SSSR count). The zero-order chi connectivity index (χ0) is 18.2. The van der Waals surface area contributed by atoms with Crippen LogP contribution in [0.25, 0.3) is 0 Å². The number of nitrogens with zero attached hydrogens (tertiary/aromatic N) is 3. The van der Waals surface area contributed by atoms with E-state index in [1.807, 2.05) is 18.7 Å². The number of fused-ring (bicyclic) bond motifs is 1. The van der Waals surface area contributed by atoms with Gasteiger partial charge in [0, 0.05) is 37.4 Å². The van der Waals surface area contributed by atoms with Crippen molar-refractivity contribution in [2.75, 3.05) is 26.2 Å². The maximum Gasteiger partial charge on any atom is 0.410 e. The molecular formula is C17H24N4O4. The van der Waals surface area contributed by atoms with Crippen molar-refractivity contribution in [3.05, 3.63) is 27.4 Å². The Morgan fingerprint density at radius 2 is 2.08 bits per heavy atom. The number of hydrogen-bond donors (Lipinski definition) is 1. The fourth-order valence-corrected chi connectivity index (χ4v) is 3.79. The van der Waals surface area contributed by atoms with Crippen molar-refractivity contribution in [3.63, 3.8) is 0 Å². The number of aromatic amines is 1. The summed E-state index contributed by atoms with van der Waals surface area (Å²) in [6, 6.07) is 0. The lowest BCUT2D eigenvalue weighted by Crippen LogP contribution is -2.62. The molecule has 2 aliphatic heterocycles. The summed E-state index contributed by atoms with van der Waals surface area (Å²) < 4.78 is 5.20. The first kappa shape index (κ1) is 17.4. The molecule has 2 aliphatic rings. The van der Waals surface area contributed by atoms with Crippen molar-refractivity contribution in [2.24, 2.45) is 0 Å². The Balaban J connectivity index is 1.67. The molecule has 2 saturated heterocycles. The number of rotatable bonds is 4. The van der Waals surface area contributed by atoms with E-state index in [4.69, 9.17) is 4.74 Å². The quantitative estimate of drug-likeness (QED) is 0.867. The molecule has 2 fully saturated rings. The standard InChI is InChI=1S/C17H24N4O4/c1-4-17-9-20(7-8-21(17)16(24)25-10-17)14(22)6-5-13-11(2)18-15(23)19-12(13)3/h4-10H2,1-3H3,(H,18,19,23). The molecule has 25 heavy (non-hydrogen) atoms. The second kappa shape index (κ2) is 6.50.